The summed E-state index contributed by atoms with van der Waals surface area (Å²) in [5, 5.41) is 20.7. The number of nitrogens with zero attached hydrogens (tertiary/aromatic N) is 1. The highest BCUT2D eigenvalue weighted by Crippen LogP contribution is 2.25. The van der Waals surface area contributed by atoms with Gasteiger partial charge in [-0.25, -0.2) is 9.78 Å². The zero-order valence-electron chi connectivity index (χ0n) is 11.2. The molecule has 0 atom stereocenters. The first-order valence-electron chi connectivity index (χ1n) is 6.31. The lowest BCUT2D eigenvalue weighted by Gasteiger charge is -2.04. The minimum Gasteiger partial charge on any atom is -0.508 e. The van der Waals surface area contributed by atoms with Crippen LogP contribution in [0.1, 0.15) is 16.1 Å². The molecule has 0 bridgehead atoms. The average Bonchev–Trinajstić information content (AvgIpc) is 3.16. The molecule has 0 saturated carbocycles. The number of ether oxygens (including phenoxy) is 1. The van der Waals surface area contributed by atoms with Gasteiger partial charge in [0.2, 0.25) is 5.89 Å². The maximum Gasteiger partial charge on any atom is 0.342 e. The molecule has 112 valence electrons. The lowest BCUT2D eigenvalue weighted by atomic mass is 10.2. The fourth-order valence-corrected chi connectivity index (χ4v) is 2.45. The van der Waals surface area contributed by atoms with E-state index in [9.17, 15) is 15.0 Å². The molecule has 7 heteroatoms. The summed E-state index contributed by atoms with van der Waals surface area (Å²) in [7, 11) is 0. The number of aromatic nitrogens is 1. The Hall–Kier alpha value is -2.80. The van der Waals surface area contributed by atoms with Gasteiger partial charge in [0.1, 0.15) is 35.6 Å². The number of aromatic hydroxyl groups is 2. The molecule has 6 nitrogen and oxygen atoms in total. The summed E-state index contributed by atoms with van der Waals surface area (Å²) in [5.74, 6) is -0.720. The highest BCUT2D eigenvalue weighted by Gasteiger charge is 2.15. The third-order valence-corrected chi connectivity index (χ3v) is 3.69. The number of rotatable bonds is 4. The molecule has 2 heterocycles. The van der Waals surface area contributed by atoms with Crippen LogP contribution >= 0.6 is 11.3 Å². The zero-order valence-corrected chi connectivity index (χ0v) is 12.0. The monoisotopic (exact) mass is 317 g/mol. The normalized spacial score (nSPS) is 10.5. The van der Waals surface area contributed by atoms with Crippen LogP contribution in [-0.2, 0) is 11.3 Å². The van der Waals surface area contributed by atoms with Crippen molar-refractivity contribution < 1.29 is 24.2 Å². The summed E-state index contributed by atoms with van der Waals surface area (Å²) < 4.78 is 10.4. The fourth-order valence-electron chi connectivity index (χ4n) is 1.80. The van der Waals surface area contributed by atoms with E-state index >= 15 is 0 Å². The molecule has 0 aliphatic heterocycles. The van der Waals surface area contributed by atoms with Gasteiger partial charge in [-0.05, 0) is 23.6 Å². The molecule has 0 aliphatic rings. The number of oxazole rings is 1. The van der Waals surface area contributed by atoms with Crippen LogP contribution < -0.4 is 0 Å². The van der Waals surface area contributed by atoms with E-state index in [1.807, 2.05) is 17.5 Å². The quantitative estimate of drug-likeness (QED) is 0.718. The van der Waals surface area contributed by atoms with Crippen molar-refractivity contribution in [2.75, 3.05) is 0 Å². The van der Waals surface area contributed by atoms with Gasteiger partial charge in [-0.15, -0.1) is 11.3 Å². The number of carbonyl (C=O) groups excluding carboxylic acids is 1. The van der Waals surface area contributed by atoms with Gasteiger partial charge < -0.3 is 19.4 Å². The number of phenolic OH excluding ortho intramolecular Hbond substituents is 2. The van der Waals surface area contributed by atoms with Crippen LogP contribution in [0.5, 0.6) is 11.5 Å². The van der Waals surface area contributed by atoms with Gasteiger partial charge in [-0.3, -0.25) is 0 Å². The summed E-state index contributed by atoms with van der Waals surface area (Å²) in [6.45, 7) is -0.0754. The number of benzene rings is 1. The SMILES string of the molecule is O=C(OCc1coc(-c2cccs2)n1)c1ccc(O)cc1O. The van der Waals surface area contributed by atoms with Gasteiger partial charge in [0.15, 0.2) is 0 Å². The molecular weight excluding hydrogens is 306 g/mol. The zero-order chi connectivity index (χ0) is 15.5. The van der Waals surface area contributed by atoms with Crippen LogP contribution in [0, 0.1) is 0 Å². The van der Waals surface area contributed by atoms with Crippen molar-refractivity contribution in [3.05, 3.63) is 53.2 Å². The molecule has 0 saturated heterocycles. The van der Waals surface area contributed by atoms with Crippen molar-refractivity contribution in [1.82, 2.24) is 4.98 Å². The first kappa shape index (κ1) is 14.2. The van der Waals surface area contributed by atoms with Crippen LogP contribution in [0.3, 0.4) is 0 Å². The van der Waals surface area contributed by atoms with Crippen molar-refractivity contribution in [3.63, 3.8) is 0 Å². The lowest BCUT2D eigenvalue weighted by molar-refractivity contribution is 0.0464. The van der Waals surface area contributed by atoms with E-state index < -0.39 is 5.97 Å². The summed E-state index contributed by atoms with van der Waals surface area (Å²) in [6.07, 6.45) is 1.42. The molecule has 0 aliphatic carbocycles. The van der Waals surface area contributed by atoms with Gasteiger partial charge in [0.25, 0.3) is 0 Å². The minimum absolute atomic E-state index is 0.0280. The predicted molar refractivity (Wildman–Crippen MR) is 78.7 cm³/mol. The van der Waals surface area contributed by atoms with Crippen LogP contribution in [0.25, 0.3) is 10.8 Å². The van der Waals surface area contributed by atoms with Crippen LogP contribution in [-0.4, -0.2) is 21.2 Å². The Bertz CT molecular complexity index is 794. The van der Waals surface area contributed by atoms with Crippen LogP contribution in [0.2, 0.25) is 0 Å². The maximum absolute atomic E-state index is 11.9. The van der Waals surface area contributed by atoms with E-state index in [4.69, 9.17) is 9.15 Å². The summed E-state index contributed by atoms with van der Waals surface area (Å²) in [4.78, 5) is 17.0. The number of esters is 1. The molecule has 0 radical (unpaired) electrons. The molecule has 3 rings (SSSR count). The first-order chi connectivity index (χ1) is 10.6. The molecular formula is C15H11NO5S. The number of carbonyl (C=O) groups is 1. The Kier molecular flexibility index (Phi) is 3.80. The number of hydrogen-bond acceptors (Lipinski definition) is 7. The van der Waals surface area contributed by atoms with Gasteiger partial charge in [-0.1, -0.05) is 6.07 Å². The predicted octanol–water partition coefficient (Wildman–Crippen LogP) is 3.17. The van der Waals surface area contributed by atoms with Crippen LogP contribution in [0.4, 0.5) is 0 Å². The minimum atomic E-state index is -0.710. The van der Waals surface area contributed by atoms with Crippen molar-refractivity contribution in [1.29, 1.82) is 0 Å². The second kappa shape index (κ2) is 5.90. The fraction of sp³-hybridized carbons (Fsp3) is 0.0667. The molecule has 0 amide bonds. The second-order valence-corrected chi connectivity index (χ2v) is 5.35. The van der Waals surface area contributed by atoms with Crippen LogP contribution in [0.15, 0.2) is 46.4 Å². The van der Waals surface area contributed by atoms with E-state index in [1.165, 1.54) is 29.7 Å². The Morgan fingerprint density at radius 1 is 1.32 bits per heavy atom. The van der Waals surface area contributed by atoms with Gasteiger partial charge in [0.05, 0.1) is 4.88 Å². The van der Waals surface area contributed by atoms with E-state index in [0.29, 0.717) is 11.6 Å². The molecule has 1 aromatic carbocycles. The van der Waals surface area contributed by atoms with Gasteiger partial charge >= 0.3 is 5.97 Å². The summed E-state index contributed by atoms with van der Waals surface area (Å²) in [6, 6.07) is 7.41. The molecule has 22 heavy (non-hydrogen) atoms. The second-order valence-electron chi connectivity index (χ2n) is 4.40. The Balaban J connectivity index is 1.66. The highest BCUT2D eigenvalue weighted by atomic mass is 32.1. The van der Waals surface area contributed by atoms with Crippen molar-refractivity contribution >= 4 is 17.3 Å². The van der Waals surface area contributed by atoms with Gasteiger partial charge in [-0.2, -0.15) is 0 Å². The van der Waals surface area contributed by atoms with E-state index in [1.54, 1.807) is 0 Å². The molecule has 0 fully saturated rings. The van der Waals surface area contributed by atoms with Crippen molar-refractivity contribution in [2.45, 2.75) is 6.61 Å². The van der Waals surface area contributed by atoms with Gasteiger partial charge in [0, 0.05) is 6.07 Å². The lowest BCUT2D eigenvalue weighted by Crippen LogP contribution is -2.05. The molecule has 0 unspecified atom stereocenters. The largest absolute Gasteiger partial charge is 0.508 e. The first-order valence-corrected chi connectivity index (χ1v) is 7.19. The third-order valence-electron chi connectivity index (χ3n) is 2.84. The van der Waals surface area contributed by atoms with Crippen molar-refractivity contribution in [2.24, 2.45) is 0 Å². The Morgan fingerprint density at radius 3 is 2.91 bits per heavy atom. The Labute approximate surface area is 129 Å². The number of thiophene rings is 1. The highest BCUT2D eigenvalue weighted by molar-refractivity contribution is 7.13. The molecule has 0 spiro atoms. The molecule has 2 aromatic heterocycles. The van der Waals surface area contributed by atoms with E-state index in [0.717, 1.165) is 10.9 Å². The topological polar surface area (TPSA) is 92.8 Å². The average molecular weight is 317 g/mol. The summed E-state index contributed by atoms with van der Waals surface area (Å²) >= 11 is 1.49. The Morgan fingerprint density at radius 2 is 2.18 bits per heavy atom. The molecule has 3 aromatic rings. The maximum atomic E-state index is 11.9. The summed E-state index contributed by atoms with van der Waals surface area (Å²) in [5.41, 5.74) is 0.440. The van der Waals surface area contributed by atoms with E-state index in [-0.39, 0.29) is 23.7 Å². The van der Waals surface area contributed by atoms with Crippen molar-refractivity contribution in [3.8, 4) is 22.3 Å². The smallest absolute Gasteiger partial charge is 0.342 e. The standard InChI is InChI=1S/C15H11NO5S/c17-10-3-4-11(12(18)6-10)15(19)21-8-9-7-20-14(16-9)13-2-1-5-22-13/h1-7,17-18H,8H2. The number of hydrogen-bond donors (Lipinski definition) is 2. The molecule has 2 N–H and O–H groups in total. The number of phenols is 2. The van der Waals surface area contributed by atoms with E-state index in [2.05, 4.69) is 4.98 Å². The third kappa shape index (κ3) is 2.94.